The molecule has 6 heteroatoms. The fourth-order valence-electron chi connectivity index (χ4n) is 3.86. The number of rotatable bonds is 3. The molecule has 0 aromatic carbocycles. The summed E-state index contributed by atoms with van der Waals surface area (Å²) in [6.45, 7) is 5.54. The molecule has 1 unspecified atom stereocenters. The van der Waals surface area contributed by atoms with Crippen LogP contribution in [0.2, 0.25) is 0 Å². The van der Waals surface area contributed by atoms with Crippen molar-refractivity contribution in [2.75, 3.05) is 13.1 Å². The van der Waals surface area contributed by atoms with Gasteiger partial charge in [0.2, 0.25) is 0 Å². The topological polar surface area (TPSA) is 56.0 Å². The summed E-state index contributed by atoms with van der Waals surface area (Å²) in [6, 6.07) is 8.10. The molecule has 0 bridgehead atoms. The van der Waals surface area contributed by atoms with Gasteiger partial charge in [-0.05, 0) is 44.9 Å². The van der Waals surface area contributed by atoms with E-state index in [4.69, 9.17) is 0 Å². The molecule has 1 aliphatic heterocycles. The first-order chi connectivity index (χ1) is 12.6. The minimum Gasteiger partial charge on any atom is -0.337 e. The molecule has 3 aromatic rings. The lowest BCUT2D eigenvalue weighted by Crippen LogP contribution is -2.40. The molecule has 3 aromatic heterocycles. The Hall–Kier alpha value is -2.89. The van der Waals surface area contributed by atoms with Crippen LogP contribution >= 0.6 is 0 Å². The number of aryl methyl sites for hydroxylation is 1. The Morgan fingerprint density at radius 2 is 2.12 bits per heavy atom. The van der Waals surface area contributed by atoms with Gasteiger partial charge in [-0.25, -0.2) is 9.97 Å². The summed E-state index contributed by atoms with van der Waals surface area (Å²) in [7, 11) is 0. The first kappa shape index (κ1) is 16.6. The number of pyridine rings is 1. The highest BCUT2D eigenvalue weighted by Crippen LogP contribution is 2.25. The molecule has 26 heavy (non-hydrogen) atoms. The predicted octanol–water partition coefficient (Wildman–Crippen LogP) is 3.16. The molecule has 134 valence electrons. The predicted molar refractivity (Wildman–Crippen MR) is 99.4 cm³/mol. The number of nitrogens with zero attached hydrogens (tertiary/aromatic N) is 5. The molecule has 0 aliphatic carbocycles. The number of aromatic nitrogens is 4. The fraction of sp³-hybridized carbons (Fsp3) is 0.350. The Bertz CT molecular complexity index is 898. The van der Waals surface area contributed by atoms with Crippen LogP contribution in [0.5, 0.6) is 0 Å². The Kier molecular flexibility index (Phi) is 4.32. The third-order valence-corrected chi connectivity index (χ3v) is 5.17. The molecule has 4 rings (SSSR count). The second-order valence-electron chi connectivity index (χ2n) is 6.87. The quantitative estimate of drug-likeness (QED) is 0.730. The average molecular weight is 349 g/mol. The molecule has 0 N–H and O–H groups in total. The van der Waals surface area contributed by atoms with Crippen LogP contribution in [0, 0.1) is 13.8 Å². The first-order valence-corrected chi connectivity index (χ1v) is 9.02. The number of hydrogen-bond acceptors (Lipinski definition) is 3. The molecular formula is C20H23N5O. The number of amides is 1. The third kappa shape index (κ3) is 2.92. The zero-order chi connectivity index (χ0) is 18.1. The first-order valence-electron chi connectivity index (χ1n) is 9.02. The van der Waals surface area contributed by atoms with Gasteiger partial charge >= 0.3 is 0 Å². The second kappa shape index (κ2) is 6.78. The van der Waals surface area contributed by atoms with Crippen molar-refractivity contribution >= 4 is 5.91 Å². The van der Waals surface area contributed by atoms with Crippen LogP contribution in [0.1, 0.15) is 40.6 Å². The summed E-state index contributed by atoms with van der Waals surface area (Å²) in [5, 5.41) is 0. The van der Waals surface area contributed by atoms with Gasteiger partial charge in [0.05, 0.1) is 17.9 Å². The van der Waals surface area contributed by atoms with Gasteiger partial charge in [0, 0.05) is 43.1 Å². The van der Waals surface area contributed by atoms with E-state index in [1.165, 1.54) is 0 Å². The zero-order valence-electron chi connectivity index (χ0n) is 15.2. The van der Waals surface area contributed by atoms with E-state index in [9.17, 15) is 4.79 Å². The van der Waals surface area contributed by atoms with Crippen molar-refractivity contribution in [1.29, 1.82) is 0 Å². The molecule has 0 saturated carbocycles. The summed E-state index contributed by atoms with van der Waals surface area (Å²) >= 11 is 0. The fourth-order valence-corrected chi connectivity index (χ4v) is 3.86. The number of piperidine rings is 1. The van der Waals surface area contributed by atoms with Crippen molar-refractivity contribution in [2.24, 2.45) is 0 Å². The van der Waals surface area contributed by atoms with E-state index in [0.29, 0.717) is 6.04 Å². The summed E-state index contributed by atoms with van der Waals surface area (Å²) < 4.78 is 4.15. The van der Waals surface area contributed by atoms with Gasteiger partial charge in [0.1, 0.15) is 5.82 Å². The highest BCUT2D eigenvalue weighted by atomic mass is 16.2. The van der Waals surface area contributed by atoms with Crippen LogP contribution in [0.3, 0.4) is 0 Å². The van der Waals surface area contributed by atoms with Crippen LogP contribution in [0.4, 0.5) is 0 Å². The average Bonchev–Trinajstić information content (AvgIpc) is 3.30. The molecule has 1 amide bonds. The van der Waals surface area contributed by atoms with E-state index in [-0.39, 0.29) is 5.91 Å². The molecule has 4 heterocycles. The van der Waals surface area contributed by atoms with Crippen LogP contribution in [0.25, 0.3) is 5.82 Å². The Morgan fingerprint density at radius 1 is 1.23 bits per heavy atom. The van der Waals surface area contributed by atoms with E-state index in [1.807, 2.05) is 60.1 Å². The minimum absolute atomic E-state index is 0.102. The van der Waals surface area contributed by atoms with Gasteiger partial charge in [-0.2, -0.15) is 0 Å². The minimum atomic E-state index is 0.102. The number of likely N-dealkylation sites (tertiary alicyclic amines) is 1. The lowest BCUT2D eigenvalue weighted by Gasteiger charge is -2.33. The maximum absolute atomic E-state index is 13.2. The van der Waals surface area contributed by atoms with Crippen molar-refractivity contribution in [3.8, 4) is 5.82 Å². The summed E-state index contributed by atoms with van der Waals surface area (Å²) in [5.74, 6) is 0.946. The zero-order valence-corrected chi connectivity index (χ0v) is 15.2. The van der Waals surface area contributed by atoms with Crippen molar-refractivity contribution < 1.29 is 4.79 Å². The van der Waals surface area contributed by atoms with Crippen molar-refractivity contribution in [3.63, 3.8) is 0 Å². The number of carbonyl (C=O) groups excluding carboxylic acids is 1. The van der Waals surface area contributed by atoms with Crippen LogP contribution < -0.4 is 0 Å². The van der Waals surface area contributed by atoms with Crippen molar-refractivity contribution in [3.05, 3.63) is 66.1 Å². The molecule has 1 aliphatic rings. The third-order valence-electron chi connectivity index (χ3n) is 5.17. The summed E-state index contributed by atoms with van der Waals surface area (Å²) in [4.78, 5) is 23.7. The SMILES string of the molecule is Cc1cc(C(=O)N2CCCC(n3ccnc3)C2)c(C)n1-c1ccccn1. The number of carbonyl (C=O) groups is 1. The molecule has 1 fully saturated rings. The van der Waals surface area contributed by atoms with Gasteiger partial charge < -0.3 is 14.0 Å². The summed E-state index contributed by atoms with van der Waals surface area (Å²) in [5.41, 5.74) is 2.73. The van der Waals surface area contributed by atoms with E-state index < -0.39 is 0 Å². The molecule has 0 spiro atoms. The van der Waals surface area contributed by atoms with Crippen LogP contribution in [-0.4, -0.2) is 43.0 Å². The summed E-state index contributed by atoms with van der Waals surface area (Å²) in [6.07, 6.45) is 9.47. The Balaban J connectivity index is 1.61. The molecule has 6 nitrogen and oxygen atoms in total. The molecule has 1 atom stereocenters. The van der Waals surface area contributed by atoms with Gasteiger partial charge in [0.15, 0.2) is 0 Å². The number of hydrogen-bond donors (Lipinski definition) is 0. The van der Waals surface area contributed by atoms with E-state index in [2.05, 4.69) is 14.5 Å². The van der Waals surface area contributed by atoms with E-state index in [1.54, 1.807) is 12.4 Å². The molecule has 0 radical (unpaired) electrons. The van der Waals surface area contributed by atoms with E-state index in [0.717, 1.165) is 48.7 Å². The normalized spacial score (nSPS) is 17.5. The monoisotopic (exact) mass is 349 g/mol. The maximum Gasteiger partial charge on any atom is 0.255 e. The highest BCUT2D eigenvalue weighted by Gasteiger charge is 2.27. The molecular weight excluding hydrogens is 326 g/mol. The Labute approximate surface area is 153 Å². The van der Waals surface area contributed by atoms with Gasteiger partial charge in [-0.15, -0.1) is 0 Å². The van der Waals surface area contributed by atoms with Gasteiger partial charge in [-0.1, -0.05) is 6.07 Å². The van der Waals surface area contributed by atoms with E-state index >= 15 is 0 Å². The largest absolute Gasteiger partial charge is 0.337 e. The van der Waals surface area contributed by atoms with Crippen LogP contribution in [0.15, 0.2) is 49.2 Å². The second-order valence-corrected chi connectivity index (χ2v) is 6.87. The smallest absolute Gasteiger partial charge is 0.255 e. The van der Waals surface area contributed by atoms with Crippen molar-refractivity contribution in [2.45, 2.75) is 32.7 Å². The maximum atomic E-state index is 13.2. The molecule has 1 saturated heterocycles. The lowest BCUT2D eigenvalue weighted by atomic mass is 10.0. The number of imidazole rings is 1. The van der Waals surface area contributed by atoms with Crippen molar-refractivity contribution in [1.82, 2.24) is 24.0 Å². The van der Waals surface area contributed by atoms with Gasteiger partial charge in [0.25, 0.3) is 5.91 Å². The lowest BCUT2D eigenvalue weighted by molar-refractivity contribution is 0.0678. The Morgan fingerprint density at radius 3 is 2.85 bits per heavy atom. The standard InChI is InChI=1S/C20H23N5O/c1-15-12-18(16(2)25(15)19-7-3-4-8-22-19)20(26)23-10-5-6-17(13-23)24-11-9-21-14-24/h3-4,7-9,11-12,14,17H,5-6,10,13H2,1-2H3. The highest BCUT2D eigenvalue weighted by molar-refractivity contribution is 5.96. The van der Waals surface area contributed by atoms with Gasteiger partial charge in [-0.3, -0.25) is 4.79 Å². The van der Waals surface area contributed by atoms with Crippen LogP contribution in [-0.2, 0) is 0 Å².